The number of Topliss-reactive ketones (excluding diaryl/α,β-unsaturated/α-hetero) is 1. The number of hydrogen-bond donors (Lipinski definition) is 0. The van der Waals surface area contributed by atoms with Gasteiger partial charge in [-0.2, -0.15) is 0 Å². The zero-order chi connectivity index (χ0) is 14.9. The first-order chi connectivity index (χ1) is 10.6. The molecule has 0 N–H and O–H groups in total. The van der Waals surface area contributed by atoms with Crippen molar-refractivity contribution < 1.29 is 4.79 Å². The second-order valence-corrected chi connectivity index (χ2v) is 7.66. The van der Waals surface area contributed by atoms with Gasteiger partial charge in [0.25, 0.3) is 0 Å². The Labute approximate surface area is 135 Å². The van der Waals surface area contributed by atoms with E-state index in [9.17, 15) is 4.79 Å². The van der Waals surface area contributed by atoms with Gasteiger partial charge in [-0.1, -0.05) is 41.4 Å². The minimum absolute atomic E-state index is 0.0939. The van der Waals surface area contributed by atoms with Gasteiger partial charge >= 0.3 is 0 Å². The summed E-state index contributed by atoms with van der Waals surface area (Å²) < 4.78 is 0. The molecule has 0 saturated heterocycles. The van der Waals surface area contributed by atoms with Crippen molar-refractivity contribution in [3.05, 3.63) is 58.1 Å². The third-order valence-corrected chi connectivity index (χ3v) is 6.29. The fourth-order valence-corrected chi connectivity index (χ4v) is 5.10. The van der Waals surface area contributed by atoms with E-state index in [0.29, 0.717) is 18.1 Å². The quantitative estimate of drug-likeness (QED) is 0.633. The van der Waals surface area contributed by atoms with E-state index in [1.165, 1.54) is 27.5 Å². The Morgan fingerprint density at radius 2 is 1.91 bits per heavy atom. The van der Waals surface area contributed by atoms with Crippen molar-refractivity contribution in [1.82, 2.24) is 0 Å². The molecule has 0 amide bonds. The molecule has 22 heavy (non-hydrogen) atoms. The summed E-state index contributed by atoms with van der Waals surface area (Å²) in [6, 6.07) is 10.5. The van der Waals surface area contributed by atoms with Crippen molar-refractivity contribution in [3.8, 4) is 0 Å². The molecule has 2 atom stereocenters. The molecule has 2 aromatic carbocycles. The molecule has 0 aromatic heterocycles. The van der Waals surface area contributed by atoms with Crippen LogP contribution >= 0.6 is 11.6 Å². The molecule has 3 aliphatic rings. The smallest absolute Gasteiger partial charge is 0.144 e. The molecular weight excluding hydrogens is 292 g/mol. The number of fused-ring (bicyclic) bond motifs is 5. The van der Waals surface area contributed by atoms with Crippen molar-refractivity contribution in [2.45, 2.75) is 32.1 Å². The second-order valence-electron chi connectivity index (χ2n) is 7.22. The summed E-state index contributed by atoms with van der Waals surface area (Å²) in [7, 11) is 0. The highest BCUT2D eigenvalue weighted by Crippen LogP contribution is 2.57. The summed E-state index contributed by atoms with van der Waals surface area (Å²) in [6.45, 7) is 0. The standard InChI is InChI=1S/C20H17ClO/c21-18-4-2-13-6-15-9-19(22)20(10-12-1-3-17(20)5-12)11-16(15)7-14(13)8-18/h1-2,4,6-8,17H,3,5,9-11H2. The van der Waals surface area contributed by atoms with Crippen LogP contribution in [0.4, 0.5) is 0 Å². The summed E-state index contributed by atoms with van der Waals surface area (Å²) >= 11 is 6.14. The van der Waals surface area contributed by atoms with Gasteiger partial charge in [0.2, 0.25) is 0 Å². The zero-order valence-corrected chi connectivity index (χ0v) is 13.1. The summed E-state index contributed by atoms with van der Waals surface area (Å²) in [5.74, 6) is 1.03. The van der Waals surface area contributed by atoms with Crippen LogP contribution in [0.1, 0.15) is 30.4 Å². The van der Waals surface area contributed by atoms with Crippen LogP contribution in [-0.4, -0.2) is 5.78 Å². The maximum atomic E-state index is 12.9. The van der Waals surface area contributed by atoms with E-state index in [-0.39, 0.29) is 5.41 Å². The molecule has 1 fully saturated rings. The van der Waals surface area contributed by atoms with Gasteiger partial charge in [-0.05, 0) is 65.6 Å². The number of allylic oxidation sites excluding steroid dienone is 2. The monoisotopic (exact) mass is 308 g/mol. The fraction of sp³-hybridized carbons (Fsp3) is 0.350. The van der Waals surface area contributed by atoms with Crippen molar-refractivity contribution in [2.24, 2.45) is 11.3 Å². The Morgan fingerprint density at radius 1 is 1.05 bits per heavy atom. The number of carbonyl (C=O) groups excluding carboxylic acids is 1. The first-order valence-electron chi connectivity index (χ1n) is 8.06. The topological polar surface area (TPSA) is 17.1 Å². The van der Waals surface area contributed by atoms with Gasteiger partial charge in [0.15, 0.2) is 0 Å². The van der Waals surface area contributed by atoms with Gasteiger partial charge < -0.3 is 0 Å². The zero-order valence-electron chi connectivity index (χ0n) is 12.4. The average molecular weight is 309 g/mol. The third-order valence-electron chi connectivity index (χ3n) is 6.06. The Morgan fingerprint density at radius 3 is 2.68 bits per heavy atom. The average Bonchev–Trinajstić information content (AvgIpc) is 3.08. The van der Waals surface area contributed by atoms with Crippen LogP contribution in [0.5, 0.6) is 0 Å². The van der Waals surface area contributed by atoms with Gasteiger partial charge in [0.05, 0.1) is 0 Å². The van der Waals surface area contributed by atoms with Gasteiger partial charge in [-0.25, -0.2) is 0 Å². The van der Waals surface area contributed by atoms with E-state index in [4.69, 9.17) is 11.6 Å². The Balaban J connectivity index is 1.66. The number of benzene rings is 2. The molecule has 0 heterocycles. The highest BCUT2D eigenvalue weighted by Gasteiger charge is 2.53. The highest BCUT2D eigenvalue weighted by atomic mass is 35.5. The minimum Gasteiger partial charge on any atom is -0.299 e. The van der Waals surface area contributed by atoms with Crippen LogP contribution < -0.4 is 0 Å². The lowest BCUT2D eigenvalue weighted by atomic mass is 9.63. The normalized spacial score (nSPS) is 29.2. The molecule has 1 saturated carbocycles. The predicted octanol–water partition coefficient (Wildman–Crippen LogP) is 4.89. The molecule has 5 rings (SSSR count). The van der Waals surface area contributed by atoms with Gasteiger partial charge in [-0.15, -0.1) is 0 Å². The van der Waals surface area contributed by atoms with Crippen LogP contribution in [-0.2, 0) is 17.6 Å². The molecule has 1 nitrogen and oxygen atoms in total. The van der Waals surface area contributed by atoms with Crippen LogP contribution in [0.15, 0.2) is 42.0 Å². The number of halogens is 1. The lowest BCUT2D eigenvalue weighted by Crippen LogP contribution is -2.42. The number of hydrogen-bond acceptors (Lipinski definition) is 1. The van der Waals surface area contributed by atoms with Crippen LogP contribution in [0.25, 0.3) is 10.8 Å². The Hall–Kier alpha value is -1.60. The van der Waals surface area contributed by atoms with Gasteiger partial charge in [0.1, 0.15) is 5.78 Å². The first-order valence-corrected chi connectivity index (χ1v) is 8.44. The van der Waals surface area contributed by atoms with Crippen molar-refractivity contribution >= 4 is 28.2 Å². The molecule has 0 aliphatic heterocycles. The molecule has 2 aromatic rings. The van der Waals surface area contributed by atoms with E-state index in [1.807, 2.05) is 12.1 Å². The molecule has 1 spiro atoms. The third kappa shape index (κ3) is 1.63. The highest BCUT2D eigenvalue weighted by molar-refractivity contribution is 6.31. The maximum Gasteiger partial charge on any atom is 0.144 e. The number of ketones is 1. The summed E-state index contributed by atoms with van der Waals surface area (Å²) in [5.41, 5.74) is 4.01. The van der Waals surface area contributed by atoms with Crippen LogP contribution in [0, 0.1) is 11.3 Å². The fourth-order valence-electron chi connectivity index (χ4n) is 4.92. The molecule has 2 heteroatoms. The number of rotatable bonds is 0. The lowest BCUT2D eigenvalue weighted by Gasteiger charge is -2.39. The van der Waals surface area contributed by atoms with E-state index >= 15 is 0 Å². The first kappa shape index (κ1) is 12.9. The van der Waals surface area contributed by atoms with E-state index < -0.39 is 0 Å². The summed E-state index contributed by atoms with van der Waals surface area (Å²) in [6.07, 6.45) is 7.15. The van der Waals surface area contributed by atoms with E-state index in [0.717, 1.165) is 30.7 Å². The Kier molecular flexibility index (Phi) is 2.48. The van der Waals surface area contributed by atoms with Crippen LogP contribution in [0.2, 0.25) is 5.02 Å². The number of carbonyl (C=O) groups is 1. The van der Waals surface area contributed by atoms with E-state index in [1.54, 1.807) is 0 Å². The maximum absolute atomic E-state index is 12.9. The van der Waals surface area contributed by atoms with Crippen molar-refractivity contribution in [2.75, 3.05) is 0 Å². The summed E-state index contributed by atoms with van der Waals surface area (Å²) in [4.78, 5) is 12.9. The summed E-state index contributed by atoms with van der Waals surface area (Å²) in [5, 5.41) is 3.15. The molecule has 2 bridgehead atoms. The predicted molar refractivity (Wildman–Crippen MR) is 89.2 cm³/mol. The molecular formula is C20H17ClO. The van der Waals surface area contributed by atoms with Gasteiger partial charge in [-0.3, -0.25) is 4.79 Å². The van der Waals surface area contributed by atoms with Crippen LogP contribution in [0.3, 0.4) is 0 Å². The SMILES string of the molecule is O=C1Cc2cc3ccc(Cl)cc3cc2CC12CC1=CCC2C1. The Bertz CT molecular complexity index is 863. The van der Waals surface area contributed by atoms with Crippen molar-refractivity contribution in [1.29, 1.82) is 0 Å². The molecule has 2 unspecified atom stereocenters. The molecule has 0 radical (unpaired) electrons. The largest absolute Gasteiger partial charge is 0.299 e. The second kappa shape index (κ2) is 4.23. The van der Waals surface area contributed by atoms with E-state index in [2.05, 4.69) is 24.3 Å². The lowest BCUT2D eigenvalue weighted by molar-refractivity contribution is -0.131. The molecule has 110 valence electrons. The van der Waals surface area contributed by atoms with Gasteiger partial charge in [0, 0.05) is 16.9 Å². The van der Waals surface area contributed by atoms with Crippen molar-refractivity contribution in [3.63, 3.8) is 0 Å². The molecule has 3 aliphatic carbocycles. The minimum atomic E-state index is -0.0939.